The van der Waals surface area contributed by atoms with E-state index in [9.17, 15) is 0 Å². The fraction of sp³-hybridized carbons (Fsp3) is 0.250. The van der Waals surface area contributed by atoms with Gasteiger partial charge in [-0.3, -0.25) is 0 Å². The highest BCUT2D eigenvalue weighted by molar-refractivity contribution is 7.99. The van der Waals surface area contributed by atoms with Crippen molar-refractivity contribution >= 4 is 17.4 Å². The van der Waals surface area contributed by atoms with Crippen LogP contribution in [0.15, 0.2) is 53.4 Å². The topological polar surface area (TPSA) is 12.0 Å². The first kappa shape index (κ1) is 13.0. The van der Waals surface area contributed by atoms with Crippen molar-refractivity contribution in [1.29, 1.82) is 0 Å². The Morgan fingerprint density at radius 3 is 2.44 bits per heavy atom. The summed E-state index contributed by atoms with van der Waals surface area (Å²) in [6.45, 7) is 5.22. The molecule has 18 heavy (non-hydrogen) atoms. The molecule has 0 aliphatic heterocycles. The van der Waals surface area contributed by atoms with Gasteiger partial charge in [-0.1, -0.05) is 29.8 Å². The number of benzene rings is 2. The molecule has 0 spiro atoms. The second-order valence-electron chi connectivity index (χ2n) is 4.46. The average Bonchev–Trinajstić information content (AvgIpc) is 2.37. The van der Waals surface area contributed by atoms with Crippen LogP contribution in [0, 0.1) is 13.8 Å². The summed E-state index contributed by atoms with van der Waals surface area (Å²) in [7, 11) is 0. The molecule has 0 aromatic heterocycles. The van der Waals surface area contributed by atoms with E-state index in [1.807, 2.05) is 11.8 Å². The molecule has 0 aliphatic rings. The van der Waals surface area contributed by atoms with Crippen molar-refractivity contribution in [1.82, 2.24) is 0 Å². The summed E-state index contributed by atoms with van der Waals surface area (Å²) in [5, 5.41) is 3.45. The second kappa shape index (κ2) is 6.50. The highest BCUT2D eigenvalue weighted by atomic mass is 32.2. The van der Waals surface area contributed by atoms with Crippen LogP contribution in [-0.2, 0) is 0 Å². The number of thioether (sulfide) groups is 1. The van der Waals surface area contributed by atoms with Gasteiger partial charge < -0.3 is 5.32 Å². The Morgan fingerprint density at radius 1 is 0.944 bits per heavy atom. The molecular weight excluding hydrogens is 238 g/mol. The maximum Gasteiger partial charge on any atom is 0.0343 e. The van der Waals surface area contributed by atoms with Gasteiger partial charge in [0.25, 0.3) is 0 Å². The lowest BCUT2D eigenvalue weighted by molar-refractivity contribution is 1.22. The Bertz CT molecular complexity index is 491. The van der Waals surface area contributed by atoms with E-state index in [2.05, 4.69) is 67.7 Å². The van der Waals surface area contributed by atoms with E-state index in [0.717, 1.165) is 12.3 Å². The van der Waals surface area contributed by atoms with Gasteiger partial charge in [0.1, 0.15) is 0 Å². The van der Waals surface area contributed by atoms with Gasteiger partial charge in [0.15, 0.2) is 0 Å². The zero-order chi connectivity index (χ0) is 12.8. The number of hydrogen-bond donors (Lipinski definition) is 1. The van der Waals surface area contributed by atoms with Gasteiger partial charge in [-0.2, -0.15) is 0 Å². The van der Waals surface area contributed by atoms with Crippen molar-refractivity contribution < 1.29 is 0 Å². The van der Waals surface area contributed by atoms with Gasteiger partial charge in [0, 0.05) is 22.9 Å². The number of nitrogens with one attached hydrogen (secondary N) is 1. The minimum Gasteiger partial charge on any atom is -0.384 e. The molecule has 0 atom stereocenters. The van der Waals surface area contributed by atoms with E-state index < -0.39 is 0 Å². The molecule has 0 saturated heterocycles. The summed E-state index contributed by atoms with van der Waals surface area (Å²) in [6, 6.07) is 17.2. The molecule has 0 amide bonds. The summed E-state index contributed by atoms with van der Waals surface area (Å²) < 4.78 is 0. The molecule has 2 aromatic rings. The van der Waals surface area contributed by atoms with E-state index in [1.54, 1.807) is 0 Å². The van der Waals surface area contributed by atoms with Crippen molar-refractivity contribution in [3.05, 3.63) is 59.7 Å². The third-order valence-corrected chi connectivity index (χ3v) is 3.75. The summed E-state index contributed by atoms with van der Waals surface area (Å²) in [5.74, 6) is 1.08. The molecular formula is C16H19NS. The van der Waals surface area contributed by atoms with Crippen LogP contribution in [0.2, 0.25) is 0 Å². The maximum atomic E-state index is 3.45. The first-order chi connectivity index (χ1) is 8.74. The van der Waals surface area contributed by atoms with Crippen LogP contribution in [0.5, 0.6) is 0 Å². The molecule has 1 nitrogen and oxygen atoms in total. The Kier molecular flexibility index (Phi) is 4.71. The highest BCUT2D eigenvalue weighted by Crippen LogP contribution is 2.18. The van der Waals surface area contributed by atoms with Crippen LogP contribution in [0.1, 0.15) is 11.1 Å². The second-order valence-corrected chi connectivity index (χ2v) is 5.63. The van der Waals surface area contributed by atoms with Crippen LogP contribution >= 0.6 is 11.8 Å². The zero-order valence-electron chi connectivity index (χ0n) is 10.9. The quantitative estimate of drug-likeness (QED) is 0.625. The molecule has 0 radical (unpaired) electrons. The van der Waals surface area contributed by atoms with Gasteiger partial charge >= 0.3 is 0 Å². The van der Waals surface area contributed by atoms with Crippen molar-refractivity contribution in [3.63, 3.8) is 0 Å². The fourth-order valence-electron chi connectivity index (χ4n) is 1.75. The lowest BCUT2D eigenvalue weighted by Gasteiger charge is -2.07. The third kappa shape index (κ3) is 4.11. The standard InChI is InChI=1S/C16H19NS/c1-13-6-8-16(9-7-13)18-11-10-17-15-5-3-4-14(2)12-15/h3-9,12,17H,10-11H2,1-2H3. The average molecular weight is 257 g/mol. The summed E-state index contributed by atoms with van der Waals surface area (Å²) in [5.41, 5.74) is 3.82. The molecule has 0 unspecified atom stereocenters. The number of anilines is 1. The summed E-state index contributed by atoms with van der Waals surface area (Å²) in [4.78, 5) is 1.34. The van der Waals surface area contributed by atoms with Crippen molar-refractivity contribution in [2.24, 2.45) is 0 Å². The monoisotopic (exact) mass is 257 g/mol. The van der Waals surface area contributed by atoms with Crippen LogP contribution in [0.4, 0.5) is 5.69 Å². The summed E-state index contributed by atoms with van der Waals surface area (Å²) >= 11 is 1.89. The molecule has 2 heteroatoms. The zero-order valence-corrected chi connectivity index (χ0v) is 11.8. The van der Waals surface area contributed by atoms with Crippen molar-refractivity contribution in [2.45, 2.75) is 18.7 Å². The molecule has 0 aliphatic carbocycles. The number of rotatable bonds is 5. The van der Waals surface area contributed by atoms with E-state index in [-0.39, 0.29) is 0 Å². The lowest BCUT2D eigenvalue weighted by atomic mass is 10.2. The normalized spacial score (nSPS) is 10.3. The lowest BCUT2D eigenvalue weighted by Crippen LogP contribution is -2.03. The first-order valence-corrected chi connectivity index (χ1v) is 7.22. The smallest absolute Gasteiger partial charge is 0.0343 e. The van der Waals surface area contributed by atoms with Crippen LogP contribution < -0.4 is 5.32 Å². The van der Waals surface area contributed by atoms with Crippen molar-refractivity contribution in [2.75, 3.05) is 17.6 Å². The Labute approximate surface area is 114 Å². The predicted molar refractivity (Wildman–Crippen MR) is 81.6 cm³/mol. The van der Waals surface area contributed by atoms with Crippen LogP contribution in [0.25, 0.3) is 0 Å². The number of hydrogen-bond acceptors (Lipinski definition) is 2. The summed E-state index contributed by atoms with van der Waals surface area (Å²) in [6.07, 6.45) is 0. The predicted octanol–water partition coefficient (Wildman–Crippen LogP) is 4.51. The van der Waals surface area contributed by atoms with E-state index in [0.29, 0.717) is 0 Å². The molecule has 1 N–H and O–H groups in total. The SMILES string of the molecule is Cc1ccc(SCCNc2cccc(C)c2)cc1. The van der Waals surface area contributed by atoms with Gasteiger partial charge in [-0.25, -0.2) is 0 Å². The molecule has 94 valence electrons. The van der Waals surface area contributed by atoms with Crippen LogP contribution in [0.3, 0.4) is 0 Å². The van der Waals surface area contributed by atoms with Gasteiger partial charge in [0.05, 0.1) is 0 Å². The number of aryl methyl sites for hydroxylation is 2. The molecule has 2 rings (SSSR count). The minimum absolute atomic E-state index is 0.988. The minimum atomic E-state index is 0.988. The van der Waals surface area contributed by atoms with Gasteiger partial charge in [-0.05, 0) is 43.7 Å². The first-order valence-electron chi connectivity index (χ1n) is 6.24. The van der Waals surface area contributed by atoms with Gasteiger partial charge in [-0.15, -0.1) is 11.8 Å². The maximum absolute atomic E-state index is 3.45. The van der Waals surface area contributed by atoms with Gasteiger partial charge in [0.2, 0.25) is 0 Å². The van der Waals surface area contributed by atoms with E-state index in [4.69, 9.17) is 0 Å². The molecule has 2 aromatic carbocycles. The van der Waals surface area contributed by atoms with Crippen molar-refractivity contribution in [3.8, 4) is 0 Å². The Hall–Kier alpha value is -1.41. The fourth-order valence-corrected chi connectivity index (χ4v) is 2.52. The Balaban J connectivity index is 1.74. The van der Waals surface area contributed by atoms with E-state index in [1.165, 1.54) is 21.7 Å². The largest absolute Gasteiger partial charge is 0.384 e. The molecule has 0 bridgehead atoms. The van der Waals surface area contributed by atoms with Crippen LogP contribution in [-0.4, -0.2) is 12.3 Å². The van der Waals surface area contributed by atoms with E-state index >= 15 is 0 Å². The molecule has 0 fully saturated rings. The molecule has 0 heterocycles. The third-order valence-electron chi connectivity index (χ3n) is 2.74. The highest BCUT2D eigenvalue weighted by Gasteiger charge is 1.95. The molecule has 0 saturated carbocycles. The Morgan fingerprint density at radius 2 is 1.72 bits per heavy atom.